The summed E-state index contributed by atoms with van der Waals surface area (Å²) in [7, 11) is 0. The van der Waals surface area contributed by atoms with Gasteiger partial charge in [0.15, 0.2) is 5.78 Å². The van der Waals surface area contributed by atoms with Crippen molar-refractivity contribution in [2.24, 2.45) is 0 Å². The summed E-state index contributed by atoms with van der Waals surface area (Å²) in [6.45, 7) is 0.315. The number of nitrogens with zero attached hydrogens (tertiary/aromatic N) is 1. The third kappa shape index (κ3) is 3.12. The Morgan fingerprint density at radius 1 is 1.05 bits per heavy atom. The molecule has 0 unspecified atom stereocenters. The minimum Gasteiger partial charge on any atom is -0.340 e. The fourth-order valence-corrected chi connectivity index (χ4v) is 2.97. The number of hydrogen-bond donors (Lipinski definition) is 0. The number of fused-ring (bicyclic) bond motifs is 1. The molecule has 0 bridgehead atoms. The van der Waals surface area contributed by atoms with Gasteiger partial charge in [0.1, 0.15) is 0 Å². The first-order valence-corrected chi connectivity index (χ1v) is 7.38. The van der Waals surface area contributed by atoms with E-state index >= 15 is 0 Å². The standard InChI is InChI=1S/C17H13Cl2NO/c18-13-9-16(19)15-6-7-20(17(15)10-13)11-14(21)8-12-4-2-1-3-5-12/h1-7,9-10H,8,11H2. The van der Waals surface area contributed by atoms with Gasteiger partial charge in [0, 0.05) is 23.0 Å². The molecule has 0 aliphatic rings. The van der Waals surface area contributed by atoms with Gasteiger partial charge in [-0.05, 0) is 23.8 Å². The lowest BCUT2D eigenvalue weighted by Gasteiger charge is -2.06. The van der Waals surface area contributed by atoms with E-state index in [1.54, 1.807) is 6.07 Å². The van der Waals surface area contributed by atoms with E-state index in [0.29, 0.717) is 23.0 Å². The molecule has 1 heterocycles. The van der Waals surface area contributed by atoms with Gasteiger partial charge in [0.25, 0.3) is 0 Å². The molecule has 2 nitrogen and oxygen atoms in total. The lowest BCUT2D eigenvalue weighted by atomic mass is 10.1. The molecule has 1 aromatic heterocycles. The van der Waals surface area contributed by atoms with E-state index < -0.39 is 0 Å². The van der Waals surface area contributed by atoms with Gasteiger partial charge in [-0.1, -0.05) is 53.5 Å². The number of carbonyl (C=O) groups excluding carboxylic acids is 1. The molecule has 0 radical (unpaired) electrons. The van der Waals surface area contributed by atoms with Crippen LogP contribution in [0.1, 0.15) is 5.56 Å². The Kier molecular flexibility index (Phi) is 4.00. The second-order valence-electron chi connectivity index (χ2n) is 4.97. The summed E-state index contributed by atoms with van der Waals surface area (Å²) < 4.78 is 1.89. The van der Waals surface area contributed by atoms with Crippen LogP contribution >= 0.6 is 23.2 Å². The van der Waals surface area contributed by atoms with Crippen LogP contribution in [0.15, 0.2) is 54.7 Å². The Morgan fingerprint density at radius 2 is 1.81 bits per heavy atom. The summed E-state index contributed by atoms with van der Waals surface area (Å²) in [5.41, 5.74) is 1.91. The number of halogens is 2. The highest BCUT2D eigenvalue weighted by Crippen LogP contribution is 2.28. The number of carbonyl (C=O) groups is 1. The van der Waals surface area contributed by atoms with Crippen molar-refractivity contribution in [3.05, 3.63) is 70.3 Å². The quantitative estimate of drug-likeness (QED) is 0.680. The number of rotatable bonds is 4. The Labute approximate surface area is 132 Å². The van der Waals surface area contributed by atoms with Gasteiger partial charge in [-0.15, -0.1) is 0 Å². The maximum absolute atomic E-state index is 12.2. The van der Waals surface area contributed by atoms with Crippen molar-refractivity contribution in [2.45, 2.75) is 13.0 Å². The van der Waals surface area contributed by atoms with Crippen LogP contribution in [0, 0.1) is 0 Å². The first-order chi connectivity index (χ1) is 10.1. The molecule has 0 fully saturated rings. The van der Waals surface area contributed by atoms with E-state index in [-0.39, 0.29) is 5.78 Å². The summed E-state index contributed by atoms with van der Waals surface area (Å²) >= 11 is 12.2. The molecule has 0 aliphatic carbocycles. The molecule has 3 rings (SSSR count). The third-order valence-corrected chi connectivity index (χ3v) is 3.92. The summed E-state index contributed by atoms with van der Waals surface area (Å²) in [4.78, 5) is 12.2. The van der Waals surface area contributed by atoms with E-state index in [9.17, 15) is 4.79 Å². The van der Waals surface area contributed by atoms with Crippen LogP contribution in [0.5, 0.6) is 0 Å². The summed E-state index contributed by atoms with van der Waals surface area (Å²) in [6.07, 6.45) is 2.30. The van der Waals surface area contributed by atoms with Crippen LogP contribution in [-0.4, -0.2) is 10.4 Å². The second kappa shape index (κ2) is 5.92. The highest BCUT2D eigenvalue weighted by molar-refractivity contribution is 6.38. The molecule has 0 spiro atoms. The third-order valence-electron chi connectivity index (χ3n) is 3.39. The molecule has 0 atom stereocenters. The van der Waals surface area contributed by atoms with Crippen LogP contribution in [0.2, 0.25) is 10.0 Å². The van der Waals surface area contributed by atoms with E-state index in [1.165, 1.54) is 0 Å². The summed E-state index contributed by atoms with van der Waals surface area (Å²) in [5.74, 6) is 0.148. The average molecular weight is 318 g/mol. The maximum atomic E-state index is 12.2. The maximum Gasteiger partial charge on any atom is 0.156 e. The molecule has 0 saturated carbocycles. The molecule has 0 amide bonds. The van der Waals surface area contributed by atoms with Gasteiger partial charge in [0.2, 0.25) is 0 Å². The van der Waals surface area contributed by atoms with E-state index in [4.69, 9.17) is 23.2 Å². The molecule has 0 N–H and O–H groups in total. The number of hydrogen-bond acceptors (Lipinski definition) is 1. The van der Waals surface area contributed by atoms with Crippen LogP contribution in [0.4, 0.5) is 0 Å². The largest absolute Gasteiger partial charge is 0.340 e. The van der Waals surface area contributed by atoms with Gasteiger partial charge < -0.3 is 4.57 Å². The van der Waals surface area contributed by atoms with Crippen molar-refractivity contribution in [3.8, 4) is 0 Å². The Hall–Kier alpha value is -1.77. The Morgan fingerprint density at radius 3 is 2.57 bits per heavy atom. The zero-order valence-corrected chi connectivity index (χ0v) is 12.7. The lowest BCUT2D eigenvalue weighted by Crippen LogP contribution is -2.11. The minimum atomic E-state index is 0.148. The molecular weight excluding hydrogens is 305 g/mol. The van der Waals surface area contributed by atoms with E-state index in [0.717, 1.165) is 16.5 Å². The smallest absolute Gasteiger partial charge is 0.156 e. The monoisotopic (exact) mass is 317 g/mol. The molecule has 3 aromatic rings. The van der Waals surface area contributed by atoms with Crippen molar-refractivity contribution < 1.29 is 4.79 Å². The van der Waals surface area contributed by atoms with E-state index in [1.807, 2.05) is 53.2 Å². The minimum absolute atomic E-state index is 0.148. The number of aromatic nitrogens is 1. The lowest BCUT2D eigenvalue weighted by molar-refractivity contribution is -0.118. The number of Topliss-reactive ketones (excluding diaryl/α,β-unsaturated/α-hetero) is 1. The zero-order valence-electron chi connectivity index (χ0n) is 11.2. The first-order valence-electron chi connectivity index (χ1n) is 6.63. The summed E-state index contributed by atoms with van der Waals surface area (Å²) in [6, 6.07) is 15.2. The Balaban J connectivity index is 1.83. The molecule has 0 aliphatic heterocycles. The molecule has 2 aromatic carbocycles. The van der Waals surface area contributed by atoms with Crippen LogP contribution < -0.4 is 0 Å². The fraction of sp³-hybridized carbons (Fsp3) is 0.118. The number of benzene rings is 2. The zero-order chi connectivity index (χ0) is 14.8. The topological polar surface area (TPSA) is 22.0 Å². The second-order valence-corrected chi connectivity index (χ2v) is 5.81. The van der Waals surface area contributed by atoms with Gasteiger partial charge >= 0.3 is 0 Å². The van der Waals surface area contributed by atoms with Crippen LogP contribution in [0.25, 0.3) is 10.9 Å². The van der Waals surface area contributed by atoms with E-state index in [2.05, 4.69) is 0 Å². The first kappa shape index (κ1) is 14.2. The average Bonchev–Trinajstić information content (AvgIpc) is 2.83. The van der Waals surface area contributed by atoms with Gasteiger partial charge in [-0.2, -0.15) is 0 Å². The normalized spacial score (nSPS) is 11.0. The van der Waals surface area contributed by atoms with Gasteiger partial charge in [0.05, 0.1) is 17.1 Å². The summed E-state index contributed by atoms with van der Waals surface area (Å²) in [5, 5.41) is 2.09. The number of ketones is 1. The van der Waals surface area contributed by atoms with Gasteiger partial charge in [-0.25, -0.2) is 0 Å². The highest BCUT2D eigenvalue weighted by atomic mass is 35.5. The molecule has 0 saturated heterocycles. The molecule has 21 heavy (non-hydrogen) atoms. The molecule has 4 heteroatoms. The van der Waals surface area contributed by atoms with Crippen molar-refractivity contribution in [1.29, 1.82) is 0 Å². The van der Waals surface area contributed by atoms with Crippen molar-refractivity contribution in [2.75, 3.05) is 0 Å². The van der Waals surface area contributed by atoms with Crippen molar-refractivity contribution in [3.63, 3.8) is 0 Å². The predicted octanol–water partition coefficient (Wildman–Crippen LogP) is 4.76. The SMILES string of the molecule is O=C(Cc1ccccc1)Cn1ccc2c(Cl)cc(Cl)cc21. The molecule has 106 valence electrons. The van der Waals surface area contributed by atoms with Crippen LogP contribution in [0.3, 0.4) is 0 Å². The fourth-order valence-electron chi connectivity index (χ4n) is 2.43. The van der Waals surface area contributed by atoms with Gasteiger partial charge in [-0.3, -0.25) is 4.79 Å². The predicted molar refractivity (Wildman–Crippen MR) is 87.1 cm³/mol. The highest BCUT2D eigenvalue weighted by Gasteiger charge is 2.10. The molecular formula is C17H13Cl2NO. The van der Waals surface area contributed by atoms with Crippen molar-refractivity contribution in [1.82, 2.24) is 4.57 Å². The van der Waals surface area contributed by atoms with Crippen LogP contribution in [-0.2, 0) is 17.8 Å². The Bertz CT molecular complexity index is 793. The van der Waals surface area contributed by atoms with Crippen molar-refractivity contribution >= 4 is 39.9 Å².